The highest BCUT2D eigenvalue weighted by atomic mass is 16.6. The smallest absolute Gasteiger partial charge is 0.103 e. The first-order chi connectivity index (χ1) is 7.24. The zero-order valence-corrected chi connectivity index (χ0v) is 9.52. The van der Waals surface area contributed by atoms with Crippen LogP contribution in [0.3, 0.4) is 0 Å². The number of ether oxygens (including phenoxy) is 3. The van der Waals surface area contributed by atoms with Gasteiger partial charge in [-0.1, -0.05) is 0 Å². The number of nitrogens with zero attached hydrogens (tertiary/aromatic N) is 2. The van der Waals surface area contributed by atoms with Crippen LogP contribution in [0.1, 0.15) is 13.8 Å². The fourth-order valence-electron chi connectivity index (χ4n) is 1.88. The van der Waals surface area contributed by atoms with E-state index in [0.29, 0.717) is 39.1 Å². The molecule has 0 saturated carbocycles. The van der Waals surface area contributed by atoms with Crippen LogP contribution in [0.15, 0.2) is 0 Å². The average Bonchev–Trinajstić information content (AvgIpc) is 2.76. The zero-order chi connectivity index (χ0) is 10.7. The monoisotopic (exact) mass is 216 g/mol. The Bertz CT molecular complexity index is 183. The molecule has 2 atom stereocenters. The van der Waals surface area contributed by atoms with Gasteiger partial charge >= 0.3 is 0 Å². The Morgan fingerprint density at radius 3 is 1.80 bits per heavy atom. The summed E-state index contributed by atoms with van der Waals surface area (Å²) in [6, 6.07) is 0. The molecule has 2 saturated heterocycles. The van der Waals surface area contributed by atoms with E-state index in [2.05, 4.69) is 23.6 Å². The van der Waals surface area contributed by atoms with E-state index in [4.69, 9.17) is 14.2 Å². The lowest BCUT2D eigenvalue weighted by Gasteiger charge is -2.17. The minimum Gasteiger partial charge on any atom is -0.362 e. The molecule has 5 nitrogen and oxygen atoms in total. The number of rotatable bonds is 4. The zero-order valence-electron chi connectivity index (χ0n) is 9.52. The van der Waals surface area contributed by atoms with E-state index in [0.717, 1.165) is 13.1 Å². The lowest BCUT2D eigenvalue weighted by molar-refractivity contribution is -0.0403. The molecule has 0 spiro atoms. The summed E-state index contributed by atoms with van der Waals surface area (Å²) in [5.74, 6) is 0. The summed E-state index contributed by atoms with van der Waals surface area (Å²) in [5, 5.41) is 0. The van der Waals surface area contributed by atoms with Gasteiger partial charge in [0.2, 0.25) is 0 Å². The molecule has 2 heterocycles. The largest absolute Gasteiger partial charge is 0.362 e. The van der Waals surface area contributed by atoms with Crippen molar-refractivity contribution in [1.82, 2.24) is 9.80 Å². The van der Waals surface area contributed by atoms with Gasteiger partial charge in [-0.3, -0.25) is 9.80 Å². The van der Waals surface area contributed by atoms with E-state index in [1.54, 1.807) is 0 Å². The molecule has 2 rings (SSSR count). The van der Waals surface area contributed by atoms with E-state index in [1.807, 2.05) is 0 Å². The maximum atomic E-state index is 5.59. The van der Waals surface area contributed by atoms with Gasteiger partial charge in [0.05, 0.1) is 12.2 Å². The lowest BCUT2D eigenvalue weighted by Crippen LogP contribution is -2.30. The third-order valence-corrected chi connectivity index (χ3v) is 2.66. The Morgan fingerprint density at radius 1 is 1.00 bits per heavy atom. The summed E-state index contributed by atoms with van der Waals surface area (Å²) in [5.41, 5.74) is 0. The molecule has 0 bridgehead atoms. The molecule has 0 aliphatic carbocycles. The SMILES string of the molecule is CC1CN(COCN2COC(C)C2)CO1. The molecule has 5 heteroatoms. The molecule has 0 amide bonds. The quantitative estimate of drug-likeness (QED) is 0.674. The summed E-state index contributed by atoms with van der Waals surface area (Å²) in [6.45, 7) is 8.76. The molecular weight excluding hydrogens is 196 g/mol. The minimum atomic E-state index is 0.337. The van der Waals surface area contributed by atoms with Crippen molar-refractivity contribution in [2.45, 2.75) is 26.1 Å². The molecule has 88 valence electrons. The Hall–Kier alpha value is -0.200. The van der Waals surface area contributed by atoms with Crippen LogP contribution < -0.4 is 0 Å². The topological polar surface area (TPSA) is 34.2 Å². The van der Waals surface area contributed by atoms with E-state index in [9.17, 15) is 0 Å². The molecule has 2 aliphatic rings. The van der Waals surface area contributed by atoms with Gasteiger partial charge in [0.25, 0.3) is 0 Å². The Balaban J connectivity index is 1.55. The molecule has 2 fully saturated rings. The van der Waals surface area contributed by atoms with Crippen molar-refractivity contribution in [1.29, 1.82) is 0 Å². The average molecular weight is 216 g/mol. The molecular formula is C10H20N2O3. The maximum Gasteiger partial charge on any atom is 0.103 e. The highest BCUT2D eigenvalue weighted by Gasteiger charge is 2.21. The van der Waals surface area contributed by atoms with Crippen LogP contribution in [0.5, 0.6) is 0 Å². The summed E-state index contributed by atoms with van der Waals surface area (Å²) in [7, 11) is 0. The first-order valence-corrected chi connectivity index (χ1v) is 5.49. The molecule has 15 heavy (non-hydrogen) atoms. The van der Waals surface area contributed by atoms with Crippen LogP contribution >= 0.6 is 0 Å². The fraction of sp³-hybridized carbons (Fsp3) is 1.00. The normalized spacial score (nSPS) is 34.0. The summed E-state index contributed by atoms with van der Waals surface area (Å²) in [6.07, 6.45) is 0.674. The van der Waals surface area contributed by atoms with Gasteiger partial charge in [-0.05, 0) is 13.8 Å². The molecule has 0 radical (unpaired) electrons. The third-order valence-electron chi connectivity index (χ3n) is 2.66. The molecule has 0 aromatic carbocycles. The highest BCUT2D eigenvalue weighted by Crippen LogP contribution is 2.09. The maximum absolute atomic E-state index is 5.59. The van der Waals surface area contributed by atoms with Crippen LogP contribution in [-0.2, 0) is 14.2 Å². The second kappa shape index (κ2) is 5.23. The molecule has 0 aromatic rings. The summed E-state index contributed by atoms with van der Waals surface area (Å²) >= 11 is 0. The van der Waals surface area contributed by atoms with Gasteiger partial charge < -0.3 is 14.2 Å². The van der Waals surface area contributed by atoms with Gasteiger partial charge in [-0.25, -0.2) is 0 Å². The highest BCUT2D eigenvalue weighted by molar-refractivity contribution is 4.64. The second-order valence-electron chi connectivity index (χ2n) is 4.38. The van der Waals surface area contributed by atoms with E-state index < -0.39 is 0 Å². The number of hydrogen-bond donors (Lipinski definition) is 0. The van der Waals surface area contributed by atoms with E-state index in [-0.39, 0.29) is 0 Å². The van der Waals surface area contributed by atoms with Crippen LogP contribution in [0.25, 0.3) is 0 Å². The van der Waals surface area contributed by atoms with Crippen LogP contribution in [0, 0.1) is 0 Å². The van der Waals surface area contributed by atoms with Crippen molar-refractivity contribution >= 4 is 0 Å². The molecule has 0 N–H and O–H groups in total. The van der Waals surface area contributed by atoms with E-state index in [1.165, 1.54) is 0 Å². The van der Waals surface area contributed by atoms with Crippen molar-refractivity contribution in [2.24, 2.45) is 0 Å². The van der Waals surface area contributed by atoms with Crippen molar-refractivity contribution in [3.63, 3.8) is 0 Å². The van der Waals surface area contributed by atoms with Crippen molar-refractivity contribution in [3.05, 3.63) is 0 Å². The Labute approximate surface area is 90.9 Å². The third kappa shape index (κ3) is 3.39. The van der Waals surface area contributed by atoms with Gasteiger partial charge in [0.1, 0.15) is 26.9 Å². The van der Waals surface area contributed by atoms with Crippen molar-refractivity contribution < 1.29 is 14.2 Å². The standard InChI is InChI=1S/C10H20N2O3/c1-9-3-11(7-14-9)5-13-6-12-4-10(2)15-8-12/h9-10H,3-8H2,1-2H3. The van der Waals surface area contributed by atoms with Crippen molar-refractivity contribution in [3.8, 4) is 0 Å². The predicted octanol–water partition coefficient (Wildman–Crippen LogP) is 0.274. The predicted molar refractivity (Wildman–Crippen MR) is 55.1 cm³/mol. The minimum absolute atomic E-state index is 0.337. The number of hydrogen-bond acceptors (Lipinski definition) is 5. The first kappa shape index (κ1) is 11.3. The molecule has 2 unspecified atom stereocenters. The van der Waals surface area contributed by atoms with Gasteiger partial charge in [-0.2, -0.15) is 0 Å². The van der Waals surface area contributed by atoms with Gasteiger partial charge in [0.15, 0.2) is 0 Å². The van der Waals surface area contributed by atoms with Crippen LogP contribution in [0.4, 0.5) is 0 Å². The fourth-order valence-corrected chi connectivity index (χ4v) is 1.88. The van der Waals surface area contributed by atoms with Gasteiger partial charge in [0, 0.05) is 13.1 Å². The Morgan fingerprint density at radius 2 is 1.47 bits per heavy atom. The Kier molecular flexibility index (Phi) is 3.93. The lowest BCUT2D eigenvalue weighted by atomic mass is 10.4. The second-order valence-corrected chi connectivity index (χ2v) is 4.38. The van der Waals surface area contributed by atoms with Gasteiger partial charge in [-0.15, -0.1) is 0 Å². The summed E-state index contributed by atoms with van der Waals surface area (Å²) < 4.78 is 16.4. The molecule has 2 aliphatic heterocycles. The first-order valence-electron chi connectivity index (χ1n) is 5.49. The van der Waals surface area contributed by atoms with Crippen LogP contribution in [-0.4, -0.2) is 62.0 Å². The van der Waals surface area contributed by atoms with Crippen molar-refractivity contribution in [2.75, 3.05) is 40.0 Å². The van der Waals surface area contributed by atoms with Crippen LogP contribution in [0.2, 0.25) is 0 Å². The summed E-state index contributed by atoms with van der Waals surface area (Å²) in [4.78, 5) is 4.32. The van der Waals surface area contributed by atoms with E-state index >= 15 is 0 Å². The molecule has 0 aromatic heterocycles.